The molecule has 2 heterocycles. The van der Waals surface area contributed by atoms with Gasteiger partial charge < -0.3 is 9.52 Å². The first-order valence-corrected chi connectivity index (χ1v) is 13.8. The molecule has 1 radical (unpaired) electrons. The maximum atomic E-state index is 10.0. The van der Waals surface area contributed by atoms with E-state index in [2.05, 4.69) is 102 Å². The van der Waals surface area contributed by atoms with Crippen LogP contribution in [-0.2, 0) is 30.3 Å². The second-order valence-corrected chi connectivity index (χ2v) is 11.6. The number of benzene rings is 3. The number of ketones is 1. The van der Waals surface area contributed by atoms with E-state index in [0.29, 0.717) is 0 Å². The van der Waals surface area contributed by atoms with Crippen molar-refractivity contribution in [1.29, 1.82) is 0 Å². The number of nitrogens with zero attached hydrogens (tertiary/aromatic N) is 1. The first-order valence-electron chi connectivity index (χ1n) is 13.8. The number of carbonyl (C=O) groups excluding carboxylic acids is 1. The van der Waals surface area contributed by atoms with Gasteiger partial charge in [-0.25, -0.2) is 0 Å². The molecule has 0 unspecified atom stereocenters. The summed E-state index contributed by atoms with van der Waals surface area (Å²) in [5, 5.41) is 8.36. The summed E-state index contributed by atoms with van der Waals surface area (Å²) in [6, 6.07) is 29.0. The maximum Gasteiger partial charge on any atom is 0.155 e. The summed E-state index contributed by atoms with van der Waals surface area (Å²) in [6.45, 7) is 16.0. The second kappa shape index (κ2) is 13.5. The maximum absolute atomic E-state index is 10.0. The van der Waals surface area contributed by atoms with Gasteiger partial charge in [-0.3, -0.25) is 9.78 Å². The van der Waals surface area contributed by atoms with Crippen molar-refractivity contribution in [2.45, 2.75) is 60.8 Å². The van der Waals surface area contributed by atoms with E-state index in [9.17, 15) is 4.79 Å². The van der Waals surface area contributed by atoms with Crippen molar-refractivity contribution in [3.8, 4) is 33.7 Å². The van der Waals surface area contributed by atoms with Crippen LogP contribution in [0.15, 0.2) is 89.0 Å². The predicted octanol–water partition coefficient (Wildman–Crippen LogP) is 9.89. The molecular formula is C37H38IrNO3-. The Morgan fingerprint density at radius 2 is 1.50 bits per heavy atom. The number of aromatic nitrogens is 1. The first kappa shape index (κ1) is 32.7. The monoisotopic (exact) mass is 737 g/mol. The third-order valence-corrected chi connectivity index (χ3v) is 6.87. The molecule has 0 aliphatic carbocycles. The van der Waals surface area contributed by atoms with Crippen molar-refractivity contribution in [2.75, 3.05) is 0 Å². The van der Waals surface area contributed by atoms with Crippen LogP contribution in [-0.4, -0.2) is 15.9 Å². The van der Waals surface area contributed by atoms with Crippen LogP contribution >= 0.6 is 0 Å². The normalized spacial score (nSPS) is 11.5. The van der Waals surface area contributed by atoms with Gasteiger partial charge in [-0.05, 0) is 67.1 Å². The second-order valence-electron chi connectivity index (χ2n) is 11.6. The average molecular weight is 737 g/mol. The molecular weight excluding hydrogens is 699 g/mol. The van der Waals surface area contributed by atoms with Crippen molar-refractivity contribution in [3.05, 3.63) is 113 Å². The molecule has 5 rings (SSSR count). The van der Waals surface area contributed by atoms with Crippen LogP contribution in [0.1, 0.15) is 56.9 Å². The summed E-state index contributed by atoms with van der Waals surface area (Å²) in [5.74, 6) is 0.767. The van der Waals surface area contributed by atoms with Gasteiger partial charge in [0.15, 0.2) is 11.4 Å². The standard InChI is InChI=1S/C32H30NO.C5H8O2.Ir/c1-20-16-25(18-26(17-20)32(4,5)6)27-14-15-29-28(33-27)19-30(34-29)23-10-12-24(13-11-23)31-21(2)8-7-9-22(31)3;1-4(6)3-5(2)7;/h7-15,17-19H,1-6H3;3,6H,1-2H3;/q-1;;/b;4-3-;. The van der Waals surface area contributed by atoms with Gasteiger partial charge in [-0.15, -0.1) is 34.9 Å². The third-order valence-electron chi connectivity index (χ3n) is 6.87. The number of aliphatic hydroxyl groups is 1. The molecule has 0 aliphatic heterocycles. The zero-order chi connectivity index (χ0) is 29.9. The number of rotatable bonds is 4. The topological polar surface area (TPSA) is 63.3 Å². The molecule has 42 heavy (non-hydrogen) atoms. The van der Waals surface area contributed by atoms with Gasteiger partial charge in [-0.1, -0.05) is 76.2 Å². The first-order chi connectivity index (χ1) is 19.3. The van der Waals surface area contributed by atoms with E-state index in [-0.39, 0.29) is 37.1 Å². The summed E-state index contributed by atoms with van der Waals surface area (Å²) in [6.07, 6.45) is 1.17. The number of aryl methyl sites for hydroxylation is 3. The Hall–Kier alpha value is -3.79. The van der Waals surface area contributed by atoms with Crippen LogP contribution in [0.2, 0.25) is 0 Å². The van der Waals surface area contributed by atoms with Crippen molar-refractivity contribution in [2.24, 2.45) is 0 Å². The van der Waals surface area contributed by atoms with Gasteiger partial charge in [0.1, 0.15) is 5.76 Å². The van der Waals surface area contributed by atoms with Crippen LogP contribution in [0.3, 0.4) is 0 Å². The SMILES string of the molecule is CC(=O)/C=C(/C)O.Cc1[c-]c(-c2ccc3oc(-c4ccc(-c5c(C)cccc5C)cc4)cc3n2)cc(C(C)(C)C)c1.[Ir]. The molecule has 2 aromatic heterocycles. The Balaban J connectivity index is 0.000000541. The molecule has 3 aromatic carbocycles. The fraction of sp³-hybridized carbons (Fsp3) is 0.243. The van der Waals surface area contributed by atoms with Gasteiger partial charge in [-0.2, -0.15) is 0 Å². The van der Waals surface area contributed by atoms with E-state index in [0.717, 1.165) is 39.2 Å². The van der Waals surface area contributed by atoms with Crippen molar-refractivity contribution in [3.63, 3.8) is 0 Å². The van der Waals surface area contributed by atoms with Crippen LogP contribution in [0, 0.1) is 26.8 Å². The molecule has 0 fully saturated rings. The van der Waals surface area contributed by atoms with E-state index in [4.69, 9.17) is 14.5 Å². The zero-order valence-corrected chi connectivity index (χ0v) is 27.9. The summed E-state index contributed by atoms with van der Waals surface area (Å²) in [7, 11) is 0. The number of pyridine rings is 1. The Morgan fingerprint density at radius 1 is 0.881 bits per heavy atom. The minimum atomic E-state index is -0.125. The average Bonchev–Trinajstić information content (AvgIpc) is 3.31. The Kier molecular flexibility index (Phi) is 10.5. The van der Waals surface area contributed by atoms with Crippen LogP contribution in [0.5, 0.6) is 0 Å². The van der Waals surface area contributed by atoms with E-state index in [1.54, 1.807) is 0 Å². The molecule has 219 valence electrons. The predicted molar refractivity (Wildman–Crippen MR) is 169 cm³/mol. The zero-order valence-electron chi connectivity index (χ0n) is 25.5. The molecule has 0 bridgehead atoms. The number of aliphatic hydroxyl groups excluding tert-OH is 1. The van der Waals surface area contributed by atoms with E-state index in [1.165, 1.54) is 47.7 Å². The van der Waals surface area contributed by atoms with Crippen molar-refractivity contribution in [1.82, 2.24) is 4.98 Å². The quantitative estimate of drug-likeness (QED) is 0.113. The van der Waals surface area contributed by atoms with Gasteiger partial charge in [0.25, 0.3) is 0 Å². The number of carbonyl (C=O) groups is 1. The molecule has 0 saturated carbocycles. The van der Waals surface area contributed by atoms with Crippen molar-refractivity contribution >= 4 is 16.9 Å². The van der Waals surface area contributed by atoms with Gasteiger partial charge >= 0.3 is 0 Å². The number of furan rings is 1. The fourth-order valence-corrected chi connectivity index (χ4v) is 4.87. The third kappa shape index (κ3) is 7.94. The number of hydrogen-bond acceptors (Lipinski definition) is 4. The minimum absolute atomic E-state index is 0. The fourth-order valence-electron chi connectivity index (χ4n) is 4.87. The Morgan fingerprint density at radius 3 is 2.05 bits per heavy atom. The number of allylic oxidation sites excluding steroid dienone is 2. The molecule has 0 aliphatic rings. The van der Waals surface area contributed by atoms with E-state index in [1.807, 2.05) is 18.2 Å². The largest absolute Gasteiger partial charge is 0.512 e. The van der Waals surface area contributed by atoms with Gasteiger partial charge in [0.05, 0.1) is 11.3 Å². The summed E-state index contributed by atoms with van der Waals surface area (Å²) >= 11 is 0. The molecule has 4 nitrogen and oxygen atoms in total. The Labute approximate surface area is 262 Å². The van der Waals surface area contributed by atoms with E-state index >= 15 is 0 Å². The van der Waals surface area contributed by atoms with Crippen LogP contribution in [0.25, 0.3) is 44.8 Å². The van der Waals surface area contributed by atoms with Crippen molar-refractivity contribution < 1.29 is 34.4 Å². The molecule has 0 spiro atoms. The molecule has 1 N–H and O–H groups in total. The van der Waals surface area contributed by atoms with Gasteiger partial charge in [0.2, 0.25) is 0 Å². The Bertz CT molecular complexity index is 1710. The summed E-state index contributed by atoms with van der Waals surface area (Å²) in [5.41, 5.74) is 12.2. The molecule has 0 amide bonds. The van der Waals surface area contributed by atoms with Crippen LogP contribution < -0.4 is 0 Å². The summed E-state index contributed by atoms with van der Waals surface area (Å²) < 4.78 is 6.17. The van der Waals surface area contributed by atoms with Gasteiger partial charge in [0, 0.05) is 37.8 Å². The number of hydrogen-bond donors (Lipinski definition) is 1. The molecule has 5 aromatic rings. The van der Waals surface area contributed by atoms with E-state index < -0.39 is 0 Å². The summed E-state index contributed by atoms with van der Waals surface area (Å²) in [4.78, 5) is 14.9. The smallest absolute Gasteiger partial charge is 0.155 e. The molecule has 0 saturated heterocycles. The molecule has 0 atom stereocenters. The minimum Gasteiger partial charge on any atom is -0.512 e. The number of fused-ring (bicyclic) bond motifs is 1. The molecule has 5 heteroatoms. The van der Waals surface area contributed by atoms with Crippen LogP contribution in [0.4, 0.5) is 0 Å².